The maximum Gasteiger partial charge on any atom is 0.416 e. The lowest BCUT2D eigenvalue weighted by atomic mass is 10.1. The van der Waals surface area contributed by atoms with Gasteiger partial charge in [-0.25, -0.2) is 0 Å². The molecule has 10 heteroatoms. The van der Waals surface area contributed by atoms with E-state index >= 15 is 0 Å². The maximum atomic E-state index is 13.1. The summed E-state index contributed by atoms with van der Waals surface area (Å²) in [7, 11) is 0. The highest BCUT2D eigenvalue weighted by atomic mass is 32.1. The molecule has 0 unspecified atom stereocenters. The van der Waals surface area contributed by atoms with Crippen molar-refractivity contribution in [2.24, 2.45) is 0 Å². The Hall–Kier alpha value is -3.60. The van der Waals surface area contributed by atoms with Crippen molar-refractivity contribution < 1.29 is 26.3 Å². The van der Waals surface area contributed by atoms with Gasteiger partial charge in [-0.15, -0.1) is 22.7 Å². The quantitative estimate of drug-likeness (QED) is 0.262. The molecule has 2 aromatic carbocycles. The molecule has 0 bridgehead atoms. The number of hydrogen-bond donors (Lipinski definition) is 0. The number of nitriles is 2. The molecule has 0 aliphatic heterocycles. The summed E-state index contributed by atoms with van der Waals surface area (Å²) < 4.78 is 78.7. The largest absolute Gasteiger partial charge is 0.416 e. The van der Waals surface area contributed by atoms with Gasteiger partial charge in [0.05, 0.1) is 32.0 Å². The van der Waals surface area contributed by atoms with Gasteiger partial charge in [0.2, 0.25) is 0 Å². The fourth-order valence-corrected chi connectivity index (χ4v) is 5.63. The minimum atomic E-state index is -4.53. The van der Waals surface area contributed by atoms with Gasteiger partial charge in [0.25, 0.3) is 0 Å². The molecular formula is C24H10F6N2S2. The summed E-state index contributed by atoms with van der Waals surface area (Å²) in [5.74, 6) is 0. The van der Waals surface area contributed by atoms with Gasteiger partial charge in [-0.1, -0.05) is 24.3 Å². The van der Waals surface area contributed by atoms with Crippen molar-refractivity contribution in [1.29, 1.82) is 10.5 Å². The highest BCUT2D eigenvalue weighted by Crippen LogP contribution is 2.46. The average Bonchev–Trinajstić information content (AvgIpc) is 3.42. The predicted octanol–water partition coefficient (Wildman–Crippen LogP) is 8.59. The van der Waals surface area contributed by atoms with E-state index in [1.165, 1.54) is 36.4 Å². The first-order chi connectivity index (χ1) is 16.0. The van der Waals surface area contributed by atoms with Gasteiger partial charge >= 0.3 is 12.4 Å². The molecule has 170 valence electrons. The second-order valence-corrected chi connectivity index (χ2v) is 9.19. The van der Waals surface area contributed by atoms with Crippen molar-refractivity contribution >= 4 is 22.7 Å². The highest BCUT2D eigenvalue weighted by Gasteiger charge is 2.32. The average molecular weight is 504 g/mol. The number of nitrogens with zero attached hydrogens (tertiary/aromatic N) is 2. The van der Waals surface area contributed by atoms with Crippen LogP contribution in [0.5, 0.6) is 0 Å². The van der Waals surface area contributed by atoms with Crippen LogP contribution in [0.4, 0.5) is 26.3 Å². The van der Waals surface area contributed by atoms with E-state index in [0.717, 1.165) is 46.9 Å². The second kappa shape index (κ2) is 8.64. The van der Waals surface area contributed by atoms with Crippen LogP contribution in [0.1, 0.15) is 22.3 Å². The standard InChI is InChI=1S/C24H10F6N2S2/c25-23(26,27)17-5-1-3-13(7-17)19-9-15(11-31)21(33-19)22-16(12-32)10-20(34-22)14-4-2-6-18(8-14)24(28,29)30/h1-10H. The van der Waals surface area contributed by atoms with E-state index in [1.807, 2.05) is 12.1 Å². The van der Waals surface area contributed by atoms with E-state index in [-0.39, 0.29) is 22.3 Å². The second-order valence-electron chi connectivity index (χ2n) is 7.09. The Morgan fingerprint density at radius 3 is 1.29 bits per heavy atom. The first kappa shape index (κ1) is 23.6. The minimum Gasteiger partial charge on any atom is -0.192 e. The van der Waals surface area contributed by atoms with Gasteiger partial charge in [0.15, 0.2) is 0 Å². The van der Waals surface area contributed by atoms with Gasteiger partial charge in [-0.2, -0.15) is 36.9 Å². The minimum absolute atomic E-state index is 0.159. The lowest BCUT2D eigenvalue weighted by Crippen LogP contribution is -2.04. The smallest absolute Gasteiger partial charge is 0.192 e. The van der Waals surface area contributed by atoms with Crippen LogP contribution in [0.2, 0.25) is 0 Å². The molecule has 0 N–H and O–H groups in total. The monoisotopic (exact) mass is 504 g/mol. The van der Waals surface area contributed by atoms with Gasteiger partial charge in [-0.3, -0.25) is 0 Å². The van der Waals surface area contributed by atoms with Gasteiger partial charge < -0.3 is 0 Å². The molecular weight excluding hydrogens is 494 g/mol. The third-order valence-electron chi connectivity index (χ3n) is 4.86. The van der Waals surface area contributed by atoms with Crippen LogP contribution in [-0.4, -0.2) is 0 Å². The third-order valence-corrected chi connectivity index (χ3v) is 7.39. The van der Waals surface area contributed by atoms with Gasteiger partial charge in [0, 0.05) is 9.75 Å². The Morgan fingerprint density at radius 1 is 0.588 bits per heavy atom. The molecule has 2 nitrogen and oxygen atoms in total. The normalized spacial score (nSPS) is 11.8. The molecule has 0 aliphatic rings. The molecule has 0 atom stereocenters. The molecule has 0 radical (unpaired) electrons. The molecule has 0 fully saturated rings. The number of halogens is 6. The molecule has 2 aromatic heterocycles. The number of thiophene rings is 2. The van der Waals surface area contributed by atoms with Gasteiger partial charge in [-0.05, 0) is 47.5 Å². The fraction of sp³-hybridized carbons (Fsp3) is 0.0833. The van der Waals surface area contributed by atoms with Crippen LogP contribution >= 0.6 is 22.7 Å². The first-order valence-corrected chi connectivity index (χ1v) is 11.1. The molecule has 0 spiro atoms. The zero-order valence-corrected chi connectivity index (χ0v) is 18.4. The third kappa shape index (κ3) is 4.56. The molecule has 0 aliphatic carbocycles. The highest BCUT2D eigenvalue weighted by molar-refractivity contribution is 7.25. The summed E-state index contributed by atoms with van der Waals surface area (Å²) in [6.45, 7) is 0. The number of alkyl halides is 6. The lowest BCUT2D eigenvalue weighted by molar-refractivity contribution is -0.138. The van der Waals surface area contributed by atoms with Crippen LogP contribution in [-0.2, 0) is 12.4 Å². The Labute approximate surface area is 197 Å². The summed E-state index contributed by atoms with van der Waals surface area (Å²) in [6.07, 6.45) is -9.06. The zero-order chi connectivity index (χ0) is 24.7. The Balaban J connectivity index is 1.81. The lowest BCUT2D eigenvalue weighted by Gasteiger charge is -2.07. The van der Waals surface area contributed by atoms with Crippen molar-refractivity contribution in [3.63, 3.8) is 0 Å². The van der Waals surface area contributed by atoms with Crippen molar-refractivity contribution in [2.45, 2.75) is 12.4 Å². The van der Waals surface area contributed by atoms with E-state index in [0.29, 0.717) is 19.5 Å². The molecule has 4 rings (SSSR count). The number of hydrogen-bond acceptors (Lipinski definition) is 4. The number of benzene rings is 2. The van der Waals surface area contributed by atoms with Crippen molar-refractivity contribution in [2.75, 3.05) is 0 Å². The molecule has 4 aromatic rings. The summed E-state index contributed by atoms with van der Waals surface area (Å²) >= 11 is 2.09. The van der Waals surface area contributed by atoms with Crippen molar-refractivity contribution in [3.8, 4) is 42.8 Å². The summed E-state index contributed by atoms with van der Waals surface area (Å²) in [6, 6.07) is 16.2. The van der Waals surface area contributed by atoms with Crippen LogP contribution in [0.3, 0.4) is 0 Å². The van der Waals surface area contributed by atoms with Crippen LogP contribution in [0.25, 0.3) is 30.6 Å². The van der Waals surface area contributed by atoms with E-state index < -0.39 is 23.5 Å². The molecule has 0 saturated heterocycles. The molecule has 34 heavy (non-hydrogen) atoms. The number of rotatable bonds is 3. The molecule has 2 heterocycles. The maximum absolute atomic E-state index is 13.1. The van der Waals surface area contributed by atoms with Crippen molar-refractivity contribution in [3.05, 3.63) is 82.9 Å². The summed E-state index contributed by atoms with van der Waals surface area (Å²) in [5.41, 5.74) is -0.831. The SMILES string of the molecule is N#Cc1cc(-c2cccc(C(F)(F)F)c2)sc1-c1sc(-c2cccc(C(F)(F)F)c2)cc1C#N. The first-order valence-electron chi connectivity index (χ1n) is 9.45. The van der Waals surface area contributed by atoms with E-state index in [2.05, 4.69) is 0 Å². The Morgan fingerprint density at radius 2 is 0.971 bits per heavy atom. The predicted molar refractivity (Wildman–Crippen MR) is 118 cm³/mol. The summed E-state index contributed by atoms with van der Waals surface area (Å²) in [5, 5.41) is 19.2. The molecule has 0 saturated carbocycles. The van der Waals surface area contributed by atoms with Crippen LogP contribution in [0.15, 0.2) is 60.7 Å². The van der Waals surface area contributed by atoms with E-state index in [4.69, 9.17) is 0 Å². The fourth-order valence-electron chi connectivity index (χ4n) is 3.27. The van der Waals surface area contributed by atoms with Gasteiger partial charge in [0.1, 0.15) is 12.1 Å². The zero-order valence-electron chi connectivity index (χ0n) is 16.8. The summed E-state index contributed by atoms with van der Waals surface area (Å²) in [4.78, 5) is 1.54. The van der Waals surface area contributed by atoms with E-state index in [9.17, 15) is 36.9 Å². The van der Waals surface area contributed by atoms with Crippen molar-refractivity contribution in [1.82, 2.24) is 0 Å². The Bertz CT molecular complexity index is 1350. The molecule has 0 amide bonds. The van der Waals surface area contributed by atoms with Crippen LogP contribution < -0.4 is 0 Å². The van der Waals surface area contributed by atoms with Crippen LogP contribution in [0, 0.1) is 22.7 Å². The topological polar surface area (TPSA) is 47.6 Å². The Kier molecular flexibility index (Phi) is 5.98. The van der Waals surface area contributed by atoms with E-state index in [1.54, 1.807) is 0 Å².